The summed E-state index contributed by atoms with van der Waals surface area (Å²) >= 11 is 0. The Morgan fingerprint density at radius 1 is 0.276 bits per heavy atom. The zero-order chi connectivity index (χ0) is 93.5. The number of carboxylic acids is 12. The first kappa shape index (κ1) is 108. The second-order valence-corrected chi connectivity index (χ2v) is 33.6. The smallest absolute Gasteiger partial charge is 0.317 e. The fourth-order valence-corrected chi connectivity index (χ4v) is 17.0. The molecular weight excluding hydrogens is 1690 g/mol. The Bertz CT molecular complexity index is 3220. The molecule has 127 heavy (non-hydrogen) atoms. The van der Waals surface area contributed by atoms with Crippen LogP contribution >= 0.6 is 0 Å². The standard InChI is InChI=1S/C77H136N16O34/c1-77(2)126-75-73(124-49-57(96)37-92-25-21-84(41-65(110)111)13-5-80-9-17-88(45-69(118)119)33-53(92)29-61(102)103)71(122-47-55(94)35-90-23-19-82(39-63(106)107)11-3-78-7-15-86(43-67(114)115)31-51(90)27-59(98)99)72(123-48-56(95)36-91-24-20-83(40-64(108)109)12-4-79-8-16-87(44-68(116)117)32-52(91)28-60(100)101)74(76(75)127-77)125-50-58(97)38-93-26-22-85(42-66(112)113)14-6-81-10-18-89(46-70(120)121)34-54(93)30-62(104)105/h51-58,71-76,78-81,94-97H,3-50H2,1-2H3,(H,98,99)(H,100,101)(H,102,103)(H,104,105)(H,106,107)(H,108,109)(H,110,111)(H,112,113)(H,114,115)(H,116,117)(H,118,119)(H,120,121). The topological polar surface area (TPSA) is 671 Å². The monoisotopic (exact) mass is 1830 g/mol. The molecule has 14 unspecified atom stereocenters. The van der Waals surface area contributed by atoms with Crippen molar-refractivity contribution in [3.8, 4) is 0 Å². The average molecular weight is 1830 g/mol. The maximum atomic E-state index is 12.9. The number of nitrogens with zero attached hydrogens (tertiary/aromatic N) is 12. The number of β-amino-alcohol motifs (C(OH)–C–C–N with tert-alkyl or cyclic N) is 4. The van der Waals surface area contributed by atoms with Gasteiger partial charge in [0.25, 0.3) is 0 Å². The summed E-state index contributed by atoms with van der Waals surface area (Å²) in [5, 5.41) is 186. The highest BCUT2D eigenvalue weighted by atomic mass is 16.8. The lowest BCUT2D eigenvalue weighted by atomic mass is 9.84. The van der Waals surface area contributed by atoms with Gasteiger partial charge in [-0.3, -0.25) is 116 Å². The number of fused-ring (bicyclic) bond motifs is 1. The molecule has 50 heteroatoms. The summed E-state index contributed by atoms with van der Waals surface area (Å²) in [7, 11) is 0. The Morgan fingerprint density at radius 2 is 0.457 bits per heavy atom. The molecule has 728 valence electrons. The van der Waals surface area contributed by atoms with E-state index in [9.17, 15) is 139 Å². The molecule has 20 N–H and O–H groups in total. The van der Waals surface area contributed by atoms with Crippen molar-refractivity contribution >= 4 is 71.6 Å². The zero-order valence-corrected chi connectivity index (χ0v) is 72.4. The van der Waals surface area contributed by atoms with Gasteiger partial charge < -0.3 is 131 Å². The van der Waals surface area contributed by atoms with Gasteiger partial charge in [-0.15, -0.1) is 0 Å². The summed E-state index contributed by atoms with van der Waals surface area (Å²) in [5.74, 6) is -16.7. The molecule has 6 fully saturated rings. The molecule has 0 amide bonds. The van der Waals surface area contributed by atoms with E-state index in [1.54, 1.807) is 39.2 Å². The van der Waals surface area contributed by atoms with Crippen molar-refractivity contribution < 1.29 is 168 Å². The Hall–Kier alpha value is -7.40. The first-order valence-corrected chi connectivity index (χ1v) is 42.9. The van der Waals surface area contributed by atoms with Crippen LogP contribution in [0.15, 0.2) is 0 Å². The van der Waals surface area contributed by atoms with Gasteiger partial charge in [0.2, 0.25) is 0 Å². The summed E-state index contributed by atoms with van der Waals surface area (Å²) in [6, 6.07) is -4.34. The van der Waals surface area contributed by atoms with E-state index in [2.05, 4.69) is 21.3 Å². The van der Waals surface area contributed by atoms with Crippen LogP contribution in [0, 0.1) is 0 Å². The summed E-state index contributed by atoms with van der Waals surface area (Å²) in [5.41, 5.74) is 0. The molecule has 5 heterocycles. The minimum absolute atomic E-state index is 0.0206. The Labute approximate surface area is 735 Å². The van der Waals surface area contributed by atoms with Crippen molar-refractivity contribution in [1.29, 1.82) is 0 Å². The first-order chi connectivity index (χ1) is 60.2. The molecule has 5 saturated heterocycles. The van der Waals surface area contributed by atoms with Crippen molar-refractivity contribution in [2.75, 3.05) is 288 Å². The number of aliphatic hydroxyl groups excluding tert-OH is 4. The molecular formula is C77H136N16O34. The lowest BCUT2D eigenvalue weighted by Crippen LogP contribution is -2.66. The summed E-state index contributed by atoms with van der Waals surface area (Å²) in [6.45, 7) is -4.58. The van der Waals surface area contributed by atoms with Crippen molar-refractivity contribution in [3.05, 3.63) is 0 Å². The first-order valence-electron chi connectivity index (χ1n) is 42.9. The molecule has 0 radical (unpaired) electrons. The lowest BCUT2D eigenvalue weighted by molar-refractivity contribution is -0.257. The largest absolute Gasteiger partial charge is 0.481 e. The molecule has 0 bridgehead atoms. The zero-order valence-electron chi connectivity index (χ0n) is 72.4. The molecule has 6 aliphatic rings. The number of nitrogens with one attached hydrogen (secondary N) is 4. The van der Waals surface area contributed by atoms with Gasteiger partial charge in [-0.2, -0.15) is 0 Å². The third-order valence-corrected chi connectivity index (χ3v) is 22.6. The number of rotatable bonds is 44. The molecule has 0 aromatic rings. The third-order valence-electron chi connectivity index (χ3n) is 22.6. The van der Waals surface area contributed by atoms with Crippen molar-refractivity contribution in [2.45, 2.75) is 131 Å². The maximum absolute atomic E-state index is 12.9. The van der Waals surface area contributed by atoms with Crippen LogP contribution in [0.4, 0.5) is 0 Å². The van der Waals surface area contributed by atoms with Crippen LogP contribution in [-0.4, -0.2) is 591 Å². The van der Waals surface area contributed by atoms with Crippen LogP contribution in [0.2, 0.25) is 0 Å². The molecule has 1 aliphatic carbocycles. The molecule has 5 aliphatic heterocycles. The average Bonchev–Trinajstić information content (AvgIpc) is 1.41. The van der Waals surface area contributed by atoms with E-state index in [1.807, 2.05) is 0 Å². The van der Waals surface area contributed by atoms with Gasteiger partial charge in [-0.25, -0.2) is 0 Å². The number of aliphatic hydroxyl groups is 4. The normalized spacial score (nSPS) is 27.0. The fraction of sp³-hybridized carbons (Fsp3) is 0.844. The van der Waals surface area contributed by atoms with Gasteiger partial charge in [0, 0.05) is 234 Å². The van der Waals surface area contributed by atoms with Gasteiger partial charge in [-0.05, 0) is 13.8 Å². The third kappa shape index (κ3) is 42.6. The van der Waals surface area contributed by atoms with E-state index in [4.69, 9.17) is 28.4 Å². The second-order valence-electron chi connectivity index (χ2n) is 33.6. The quantitative estimate of drug-likeness (QED) is 0.0269. The second kappa shape index (κ2) is 56.4. The number of carboxylic acid groups (broad SMARTS) is 12. The van der Waals surface area contributed by atoms with Gasteiger partial charge in [0.15, 0.2) is 5.79 Å². The fourth-order valence-electron chi connectivity index (χ4n) is 17.0. The van der Waals surface area contributed by atoms with Gasteiger partial charge in [0.05, 0.1) is 129 Å². The molecule has 6 rings (SSSR count). The summed E-state index contributed by atoms with van der Waals surface area (Å²) in [4.78, 5) is 169. The van der Waals surface area contributed by atoms with Crippen LogP contribution in [0.5, 0.6) is 0 Å². The van der Waals surface area contributed by atoms with E-state index in [0.29, 0.717) is 0 Å². The Kier molecular flexibility index (Phi) is 48.1. The van der Waals surface area contributed by atoms with Crippen LogP contribution in [0.25, 0.3) is 0 Å². The number of hydrogen-bond acceptors (Lipinski definition) is 38. The molecule has 14 atom stereocenters. The van der Waals surface area contributed by atoms with E-state index in [-0.39, 0.29) is 183 Å². The van der Waals surface area contributed by atoms with E-state index >= 15 is 0 Å². The van der Waals surface area contributed by atoms with Crippen molar-refractivity contribution in [1.82, 2.24) is 80.1 Å². The van der Waals surface area contributed by atoms with Crippen LogP contribution in [0.3, 0.4) is 0 Å². The Morgan fingerprint density at radius 3 is 0.646 bits per heavy atom. The van der Waals surface area contributed by atoms with E-state index in [0.717, 1.165) is 0 Å². The highest BCUT2D eigenvalue weighted by molar-refractivity contribution is 5.73. The SMILES string of the molecule is CC1(C)OC2C(OCC(O)CN3CCN(CC(=O)O)CCNCCN(CC(=O)O)CC3CC(=O)O)C(OCC(O)CN3CCN(CC(=O)O)CCNCCN(CC(=O)O)CC3CC(=O)O)C(OCC(O)CN3CCN(CC(=O)O)CCNCCN(CC(=O)O)CC3CC(=O)O)C(OCC(O)CN3CCN(CC(=O)O)CCNCCN(CC(=O)O)CC3CC(=O)O)C2O1. The van der Waals surface area contributed by atoms with Gasteiger partial charge >= 0.3 is 71.6 Å². The predicted octanol–water partition coefficient (Wildman–Crippen LogP) is -10.4. The van der Waals surface area contributed by atoms with E-state index < -0.39 is 293 Å². The lowest BCUT2D eigenvalue weighted by Gasteiger charge is -2.47. The van der Waals surface area contributed by atoms with Crippen LogP contribution in [0.1, 0.15) is 39.5 Å². The highest BCUT2D eigenvalue weighted by Gasteiger charge is 2.61. The van der Waals surface area contributed by atoms with E-state index in [1.165, 1.54) is 33.4 Å². The number of aliphatic carboxylic acids is 12. The van der Waals surface area contributed by atoms with Crippen LogP contribution in [-0.2, 0) is 86.0 Å². The molecule has 0 aromatic heterocycles. The Balaban J connectivity index is 1.56. The van der Waals surface area contributed by atoms with Crippen molar-refractivity contribution in [3.63, 3.8) is 0 Å². The number of ether oxygens (including phenoxy) is 6. The minimum atomic E-state index is -1.76. The minimum Gasteiger partial charge on any atom is -0.481 e. The van der Waals surface area contributed by atoms with Gasteiger partial charge in [-0.1, -0.05) is 0 Å². The number of carbonyl (C=O) groups is 12. The van der Waals surface area contributed by atoms with Crippen LogP contribution < -0.4 is 21.3 Å². The molecule has 0 aromatic carbocycles. The summed E-state index contributed by atoms with van der Waals surface area (Å²) in [6.07, 6.45) is -19.1. The highest BCUT2D eigenvalue weighted by Crippen LogP contribution is 2.42. The number of hydrogen-bond donors (Lipinski definition) is 20. The summed E-state index contributed by atoms with van der Waals surface area (Å²) < 4.78 is 41.2. The van der Waals surface area contributed by atoms with Gasteiger partial charge in [0.1, 0.15) is 36.6 Å². The molecule has 1 saturated carbocycles. The molecule has 50 nitrogen and oxygen atoms in total. The van der Waals surface area contributed by atoms with Crippen molar-refractivity contribution in [2.24, 2.45) is 0 Å². The predicted molar refractivity (Wildman–Crippen MR) is 441 cm³/mol. The molecule has 0 spiro atoms. The maximum Gasteiger partial charge on any atom is 0.317 e.